The van der Waals surface area contributed by atoms with Gasteiger partial charge in [-0.25, -0.2) is 19.7 Å². The number of rotatable bonds is 5. The fourth-order valence-corrected chi connectivity index (χ4v) is 3.95. The molecular formula is C15H17BrN6O2S. The molecule has 3 aromatic rings. The fourth-order valence-electron chi connectivity index (χ4n) is 2.56. The Balaban J connectivity index is 1.76. The van der Waals surface area contributed by atoms with Crippen molar-refractivity contribution in [3.63, 3.8) is 0 Å². The summed E-state index contributed by atoms with van der Waals surface area (Å²) in [6.45, 7) is 4.49. The average Bonchev–Trinajstić information content (AvgIpc) is 2.86. The van der Waals surface area contributed by atoms with Crippen LogP contribution in [0.4, 0.5) is 0 Å². The van der Waals surface area contributed by atoms with Crippen molar-refractivity contribution in [1.82, 2.24) is 29.1 Å². The summed E-state index contributed by atoms with van der Waals surface area (Å²) < 4.78 is 3.63. The lowest BCUT2D eigenvalue weighted by Gasteiger charge is -2.06. The summed E-state index contributed by atoms with van der Waals surface area (Å²) in [4.78, 5) is 39.2. The molecule has 0 bridgehead atoms. The van der Waals surface area contributed by atoms with Crippen LogP contribution in [0.5, 0.6) is 0 Å². The van der Waals surface area contributed by atoms with E-state index < -0.39 is 11.2 Å². The number of nitrogens with zero attached hydrogens (tertiary/aromatic N) is 5. The van der Waals surface area contributed by atoms with Crippen LogP contribution in [-0.4, -0.2) is 34.8 Å². The van der Waals surface area contributed by atoms with E-state index in [1.165, 1.54) is 4.57 Å². The lowest BCUT2D eigenvalue weighted by atomic mass is 10.4. The van der Waals surface area contributed by atoms with Gasteiger partial charge in [-0.15, -0.1) is 0 Å². The van der Waals surface area contributed by atoms with Crippen LogP contribution in [0.25, 0.3) is 11.2 Å². The summed E-state index contributed by atoms with van der Waals surface area (Å²) in [7, 11) is 1.58. The van der Waals surface area contributed by atoms with Crippen LogP contribution in [0.2, 0.25) is 0 Å². The number of aryl methyl sites for hydroxylation is 4. The maximum absolute atomic E-state index is 12.1. The van der Waals surface area contributed by atoms with Gasteiger partial charge in [0.05, 0.1) is 0 Å². The zero-order valence-electron chi connectivity index (χ0n) is 14.0. The molecule has 3 heterocycles. The van der Waals surface area contributed by atoms with E-state index in [1.54, 1.807) is 23.4 Å². The molecule has 3 rings (SSSR count). The zero-order chi connectivity index (χ0) is 18.1. The molecule has 8 nitrogen and oxygen atoms in total. The van der Waals surface area contributed by atoms with Gasteiger partial charge in [0.1, 0.15) is 0 Å². The summed E-state index contributed by atoms with van der Waals surface area (Å²) in [6, 6.07) is 1.94. The summed E-state index contributed by atoms with van der Waals surface area (Å²) in [6.07, 6.45) is 0.799. The first-order valence-corrected chi connectivity index (χ1v) is 9.45. The molecular weight excluding hydrogens is 408 g/mol. The second kappa shape index (κ2) is 7.12. The van der Waals surface area contributed by atoms with Crippen LogP contribution in [0, 0.1) is 13.8 Å². The van der Waals surface area contributed by atoms with Crippen LogP contribution in [-0.2, 0) is 13.6 Å². The summed E-state index contributed by atoms with van der Waals surface area (Å²) >= 11 is 4.95. The lowest BCUT2D eigenvalue weighted by Crippen LogP contribution is -2.29. The highest BCUT2D eigenvalue weighted by Gasteiger charge is 2.15. The number of hydrogen-bond acceptors (Lipinski definition) is 6. The van der Waals surface area contributed by atoms with Crippen molar-refractivity contribution in [3.05, 3.63) is 43.0 Å². The molecule has 0 saturated heterocycles. The topological polar surface area (TPSA) is 98.5 Å². The molecule has 0 amide bonds. The summed E-state index contributed by atoms with van der Waals surface area (Å²) in [5.74, 6) is 0.804. The monoisotopic (exact) mass is 424 g/mol. The van der Waals surface area contributed by atoms with Gasteiger partial charge in [-0.2, -0.15) is 0 Å². The zero-order valence-corrected chi connectivity index (χ0v) is 16.4. The number of fused-ring (bicyclic) bond motifs is 1. The first-order chi connectivity index (χ1) is 11.9. The van der Waals surface area contributed by atoms with Crippen molar-refractivity contribution in [2.45, 2.75) is 32.0 Å². The average molecular weight is 425 g/mol. The van der Waals surface area contributed by atoms with Gasteiger partial charge < -0.3 is 4.57 Å². The Morgan fingerprint density at radius 2 is 1.88 bits per heavy atom. The van der Waals surface area contributed by atoms with Crippen molar-refractivity contribution < 1.29 is 0 Å². The largest absolute Gasteiger partial charge is 0.329 e. The number of halogens is 1. The van der Waals surface area contributed by atoms with E-state index in [1.807, 2.05) is 19.9 Å². The predicted molar refractivity (Wildman–Crippen MR) is 100 cm³/mol. The standard InChI is InChI=1S/C15H17BrN6O2S/c1-8-7-9(2)18-14(17-8)25-6-4-5-22-10-11(19-13(22)16)21(3)15(24)20-12(10)23/h7H,4-6H2,1-3H3,(H,20,23,24). The Bertz CT molecular complexity index is 1030. The van der Waals surface area contributed by atoms with Crippen molar-refractivity contribution in [2.75, 3.05) is 5.75 Å². The van der Waals surface area contributed by atoms with Gasteiger partial charge in [0, 0.05) is 30.7 Å². The quantitative estimate of drug-likeness (QED) is 0.290. The molecule has 25 heavy (non-hydrogen) atoms. The molecule has 0 radical (unpaired) electrons. The Labute approximate surface area is 155 Å². The van der Waals surface area contributed by atoms with E-state index in [0.717, 1.165) is 28.7 Å². The van der Waals surface area contributed by atoms with Crippen molar-refractivity contribution in [2.24, 2.45) is 7.05 Å². The Morgan fingerprint density at radius 1 is 1.20 bits per heavy atom. The van der Waals surface area contributed by atoms with Crippen molar-refractivity contribution in [1.29, 1.82) is 0 Å². The third kappa shape index (κ3) is 3.69. The smallest absolute Gasteiger partial charge is 0.313 e. The molecule has 0 fully saturated rings. The van der Waals surface area contributed by atoms with Gasteiger partial charge in [-0.05, 0) is 42.3 Å². The molecule has 0 aliphatic rings. The van der Waals surface area contributed by atoms with Crippen LogP contribution < -0.4 is 11.2 Å². The highest BCUT2D eigenvalue weighted by molar-refractivity contribution is 9.10. The van der Waals surface area contributed by atoms with E-state index in [0.29, 0.717) is 22.4 Å². The number of nitrogens with one attached hydrogen (secondary N) is 1. The van der Waals surface area contributed by atoms with Crippen molar-refractivity contribution >= 4 is 38.9 Å². The van der Waals surface area contributed by atoms with Gasteiger partial charge in [0.2, 0.25) is 0 Å². The maximum atomic E-state index is 12.1. The van der Waals surface area contributed by atoms with Crippen LogP contribution >= 0.6 is 27.7 Å². The number of thioether (sulfide) groups is 1. The molecule has 3 aromatic heterocycles. The Morgan fingerprint density at radius 3 is 2.56 bits per heavy atom. The minimum absolute atomic E-state index is 0.367. The molecule has 0 aromatic carbocycles. The van der Waals surface area contributed by atoms with Gasteiger partial charge in [0.15, 0.2) is 21.1 Å². The third-order valence-corrected chi connectivity index (χ3v) is 5.22. The van der Waals surface area contributed by atoms with E-state index in [9.17, 15) is 9.59 Å². The fraction of sp³-hybridized carbons (Fsp3) is 0.400. The van der Waals surface area contributed by atoms with Gasteiger partial charge in [-0.1, -0.05) is 11.8 Å². The van der Waals surface area contributed by atoms with Gasteiger partial charge >= 0.3 is 5.69 Å². The first kappa shape index (κ1) is 17.9. The van der Waals surface area contributed by atoms with E-state index >= 15 is 0 Å². The highest BCUT2D eigenvalue weighted by Crippen LogP contribution is 2.19. The molecule has 132 valence electrons. The maximum Gasteiger partial charge on any atom is 0.329 e. The SMILES string of the molecule is Cc1cc(C)nc(SCCCn2c(Br)nc3c2c(=O)[nH]c(=O)n3C)n1. The number of imidazole rings is 1. The van der Waals surface area contributed by atoms with E-state index in [2.05, 4.69) is 35.9 Å². The Hall–Kier alpha value is -1.94. The van der Waals surface area contributed by atoms with Crippen LogP contribution in [0.1, 0.15) is 17.8 Å². The van der Waals surface area contributed by atoms with Gasteiger partial charge in [-0.3, -0.25) is 14.3 Å². The summed E-state index contributed by atoms with van der Waals surface area (Å²) in [5.41, 5.74) is 1.75. The minimum atomic E-state index is -0.475. The van der Waals surface area contributed by atoms with E-state index in [4.69, 9.17) is 0 Å². The number of aromatic amines is 1. The number of aromatic nitrogens is 6. The molecule has 1 N–H and O–H groups in total. The molecule has 0 atom stereocenters. The molecule has 0 saturated carbocycles. The second-order valence-corrected chi connectivity index (χ2v) is 7.43. The summed E-state index contributed by atoms with van der Waals surface area (Å²) in [5, 5.41) is 0.757. The molecule has 10 heteroatoms. The predicted octanol–water partition coefficient (Wildman–Crippen LogP) is 1.78. The third-order valence-electron chi connectivity index (χ3n) is 3.68. The Kier molecular flexibility index (Phi) is 5.09. The number of hydrogen-bond donors (Lipinski definition) is 1. The number of H-pyrrole nitrogens is 1. The van der Waals surface area contributed by atoms with Crippen LogP contribution in [0.3, 0.4) is 0 Å². The van der Waals surface area contributed by atoms with Gasteiger partial charge in [0.25, 0.3) is 5.56 Å². The first-order valence-electron chi connectivity index (χ1n) is 7.67. The highest BCUT2D eigenvalue weighted by atomic mass is 79.9. The second-order valence-electron chi connectivity index (χ2n) is 5.66. The lowest BCUT2D eigenvalue weighted by molar-refractivity contribution is 0.683. The molecule has 0 unspecified atom stereocenters. The van der Waals surface area contributed by atoms with Crippen LogP contribution in [0.15, 0.2) is 25.5 Å². The minimum Gasteiger partial charge on any atom is -0.313 e. The van der Waals surface area contributed by atoms with E-state index in [-0.39, 0.29) is 0 Å². The normalized spacial score (nSPS) is 11.4. The molecule has 0 aliphatic heterocycles. The molecule has 0 aliphatic carbocycles. The van der Waals surface area contributed by atoms with Crippen molar-refractivity contribution in [3.8, 4) is 0 Å². The molecule has 0 spiro atoms.